The number of nitrogens with zero attached hydrogens (tertiary/aromatic N) is 4. The number of nitrogens with one attached hydrogen (secondary N) is 1. The zero-order valence-electron chi connectivity index (χ0n) is 6.60. The van der Waals surface area contributed by atoms with Gasteiger partial charge < -0.3 is 0 Å². The van der Waals surface area contributed by atoms with E-state index in [0.29, 0.717) is 5.82 Å². The average molecular weight is 162 g/mol. The van der Waals surface area contributed by atoms with Crippen molar-refractivity contribution in [2.75, 3.05) is 0 Å². The minimum atomic E-state index is 0.609. The van der Waals surface area contributed by atoms with Gasteiger partial charge in [0.05, 0.1) is 5.10 Å². The minimum Gasteiger partial charge on any atom is -0.250 e. The van der Waals surface area contributed by atoms with Crippen molar-refractivity contribution in [2.24, 2.45) is 7.05 Å². The van der Waals surface area contributed by atoms with Crippen molar-refractivity contribution in [1.82, 2.24) is 20.4 Å². The van der Waals surface area contributed by atoms with Gasteiger partial charge in [-0.2, -0.15) is 0 Å². The molecule has 2 aromatic heterocycles. The first-order chi connectivity index (χ1) is 5.86. The molecule has 0 aliphatic heterocycles. The molecule has 0 aliphatic rings. The Balaban J connectivity index is 2.45. The lowest BCUT2D eigenvalue weighted by molar-refractivity contribution is -0.783. The fourth-order valence-corrected chi connectivity index (χ4v) is 0.910. The van der Waals surface area contributed by atoms with Crippen LogP contribution in [-0.2, 0) is 7.05 Å². The summed E-state index contributed by atoms with van der Waals surface area (Å²) in [6.07, 6.45) is 1.71. The summed E-state index contributed by atoms with van der Waals surface area (Å²) in [6, 6.07) is 5.62. The lowest BCUT2D eigenvalue weighted by Gasteiger charge is -1.84. The molecule has 0 fully saturated rings. The predicted octanol–water partition coefficient (Wildman–Crippen LogP) is -0.309. The van der Waals surface area contributed by atoms with Gasteiger partial charge in [0.25, 0.3) is 0 Å². The molecule has 0 amide bonds. The zero-order chi connectivity index (χ0) is 8.39. The van der Waals surface area contributed by atoms with Crippen molar-refractivity contribution in [2.45, 2.75) is 0 Å². The first-order valence-corrected chi connectivity index (χ1v) is 3.56. The third-order valence-electron chi connectivity index (χ3n) is 1.44. The molecule has 5 heteroatoms. The van der Waals surface area contributed by atoms with Crippen LogP contribution < -0.4 is 4.80 Å². The topological polar surface area (TPSA) is 58.3 Å². The van der Waals surface area contributed by atoms with Gasteiger partial charge in [-0.15, -0.1) is 0 Å². The normalized spacial score (nSPS) is 10.1. The van der Waals surface area contributed by atoms with Crippen molar-refractivity contribution >= 4 is 0 Å². The highest BCUT2D eigenvalue weighted by atomic mass is 15.6. The van der Waals surface area contributed by atoms with Crippen LogP contribution in [0.3, 0.4) is 0 Å². The predicted molar refractivity (Wildman–Crippen MR) is 40.8 cm³/mol. The van der Waals surface area contributed by atoms with Gasteiger partial charge in [0, 0.05) is 6.20 Å². The number of tetrazole rings is 1. The molecule has 0 bridgehead atoms. The number of aromatic nitrogens is 5. The summed E-state index contributed by atoms with van der Waals surface area (Å²) in [7, 11) is 1.78. The first-order valence-electron chi connectivity index (χ1n) is 3.56. The molecular weight excluding hydrogens is 154 g/mol. The van der Waals surface area contributed by atoms with Crippen LogP contribution in [0.25, 0.3) is 11.5 Å². The number of H-pyrrole nitrogens is 1. The van der Waals surface area contributed by atoms with Crippen LogP contribution >= 0.6 is 0 Å². The standard InChI is InChI=1S/C7H7N5/c1-12-10-7(9-11-12)6-4-2-3-5-8-6/h2-5H,1H3/p+1. The molecule has 2 aromatic rings. The van der Waals surface area contributed by atoms with E-state index in [-0.39, 0.29) is 0 Å². The SMILES string of the molecule is C[n+]1nc(-c2ccccn2)n[nH]1. The number of pyridine rings is 1. The van der Waals surface area contributed by atoms with E-state index in [4.69, 9.17) is 0 Å². The highest BCUT2D eigenvalue weighted by Gasteiger charge is 2.11. The van der Waals surface area contributed by atoms with Gasteiger partial charge in [-0.3, -0.25) is 4.98 Å². The van der Waals surface area contributed by atoms with Crippen LogP contribution in [0.2, 0.25) is 0 Å². The van der Waals surface area contributed by atoms with Crippen LogP contribution in [0.4, 0.5) is 0 Å². The van der Waals surface area contributed by atoms with Crippen molar-refractivity contribution in [3.63, 3.8) is 0 Å². The van der Waals surface area contributed by atoms with Crippen LogP contribution in [0.1, 0.15) is 0 Å². The molecule has 2 heterocycles. The van der Waals surface area contributed by atoms with Gasteiger partial charge in [0.2, 0.25) is 0 Å². The van der Waals surface area contributed by atoms with Gasteiger partial charge >= 0.3 is 5.82 Å². The van der Waals surface area contributed by atoms with Gasteiger partial charge in [0.15, 0.2) is 0 Å². The Hall–Kier alpha value is -1.78. The number of hydrogen-bond donors (Lipinski definition) is 1. The lowest BCUT2D eigenvalue weighted by atomic mass is 10.3. The molecule has 2 rings (SSSR count). The van der Waals surface area contributed by atoms with E-state index in [2.05, 4.69) is 20.4 Å². The molecule has 0 unspecified atom stereocenters. The molecule has 1 N–H and O–H groups in total. The fraction of sp³-hybridized carbons (Fsp3) is 0.143. The van der Waals surface area contributed by atoms with Gasteiger partial charge in [-0.1, -0.05) is 10.9 Å². The molecule has 60 valence electrons. The molecule has 0 spiro atoms. The molecule has 0 saturated heterocycles. The van der Waals surface area contributed by atoms with Crippen molar-refractivity contribution in [1.29, 1.82) is 0 Å². The molecule has 0 saturated carbocycles. The molecule has 0 atom stereocenters. The Labute approximate surface area is 69.1 Å². The van der Waals surface area contributed by atoms with Crippen LogP contribution in [0.5, 0.6) is 0 Å². The number of aryl methyl sites for hydroxylation is 1. The van der Waals surface area contributed by atoms with E-state index in [1.807, 2.05) is 18.2 Å². The summed E-state index contributed by atoms with van der Waals surface area (Å²) < 4.78 is 0. The first kappa shape index (κ1) is 6.90. The van der Waals surface area contributed by atoms with E-state index in [9.17, 15) is 0 Å². The average Bonchev–Trinajstić information content (AvgIpc) is 2.54. The molecule has 0 aromatic carbocycles. The van der Waals surface area contributed by atoms with Gasteiger partial charge in [0.1, 0.15) is 12.7 Å². The Kier molecular flexibility index (Phi) is 1.55. The smallest absolute Gasteiger partial charge is 0.250 e. The largest absolute Gasteiger partial charge is 0.356 e. The second-order valence-corrected chi connectivity index (χ2v) is 2.37. The Morgan fingerprint density at radius 2 is 2.33 bits per heavy atom. The van der Waals surface area contributed by atoms with E-state index in [1.165, 1.54) is 4.80 Å². The Bertz CT molecular complexity index is 366. The van der Waals surface area contributed by atoms with Crippen LogP contribution in [-0.4, -0.2) is 20.4 Å². The third-order valence-corrected chi connectivity index (χ3v) is 1.44. The van der Waals surface area contributed by atoms with E-state index in [0.717, 1.165) is 5.69 Å². The van der Waals surface area contributed by atoms with Crippen LogP contribution in [0, 0.1) is 0 Å². The molecule has 5 nitrogen and oxygen atoms in total. The van der Waals surface area contributed by atoms with Crippen molar-refractivity contribution in [3.8, 4) is 11.5 Å². The number of hydrogen-bond acceptors (Lipinski definition) is 3. The second kappa shape index (κ2) is 2.69. The van der Waals surface area contributed by atoms with Gasteiger partial charge in [-0.05, 0) is 22.4 Å². The third kappa shape index (κ3) is 1.16. The molecule has 0 radical (unpaired) electrons. The molecule has 12 heavy (non-hydrogen) atoms. The van der Waals surface area contributed by atoms with E-state index in [1.54, 1.807) is 13.2 Å². The minimum absolute atomic E-state index is 0.609. The summed E-state index contributed by atoms with van der Waals surface area (Å²) in [4.78, 5) is 5.64. The highest BCUT2D eigenvalue weighted by Crippen LogP contribution is 2.05. The summed E-state index contributed by atoms with van der Waals surface area (Å²) in [5, 5.41) is 10.7. The monoisotopic (exact) mass is 162 g/mol. The number of aromatic amines is 1. The second-order valence-electron chi connectivity index (χ2n) is 2.37. The Morgan fingerprint density at radius 1 is 1.42 bits per heavy atom. The number of rotatable bonds is 1. The fourth-order valence-electron chi connectivity index (χ4n) is 0.910. The summed E-state index contributed by atoms with van der Waals surface area (Å²) in [6.45, 7) is 0. The molecule has 0 aliphatic carbocycles. The van der Waals surface area contributed by atoms with Crippen molar-refractivity contribution in [3.05, 3.63) is 24.4 Å². The highest BCUT2D eigenvalue weighted by molar-refractivity contribution is 5.45. The van der Waals surface area contributed by atoms with E-state index >= 15 is 0 Å². The summed E-state index contributed by atoms with van der Waals surface area (Å²) in [5.41, 5.74) is 0.773. The van der Waals surface area contributed by atoms with Crippen LogP contribution in [0.15, 0.2) is 24.4 Å². The van der Waals surface area contributed by atoms with Gasteiger partial charge in [-0.25, -0.2) is 0 Å². The lowest BCUT2D eigenvalue weighted by Crippen LogP contribution is -2.33. The summed E-state index contributed by atoms with van der Waals surface area (Å²) >= 11 is 0. The summed E-state index contributed by atoms with van der Waals surface area (Å²) in [5.74, 6) is 0.609. The quantitative estimate of drug-likeness (QED) is 0.585. The van der Waals surface area contributed by atoms with Crippen molar-refractivity contribution < 1.29 is 4.80 Å². The Morgan fingerprint density at radius 3 is 2.92 bits per heavy atom. The maximum Gasteiger partial charge on any atom is 0.356 e. The van der Waals surface area contributed by atoms with E-state index < -0.39 is 0 Å². The zero-order valence-corrected chi connectivity index (χ0v) is 6.60. The maximum atomic E-state index is 4.10. The molecular formula is C7H8N5+. The maximum absolute atomic E-state index is 4.10.